The second-order valence-corrected chi connectivity index (χ2v) is 7.35. The van der Waals surface area contributed by atoms with Crippen molar-refractivity contribution in [1.82, 2.24) is 9.80 Å². The van der Waals surface area contributed by atoms with E-state index in [0.717, 1.165) is 17.7 Å². The Hall–Kier alpha value is -2.74. The van der Waals surface area contributed by atoms with Crippen molar-refractivity contribution in [1.29, 1.82) is 0 Å². The number of likely N-dealkylation sites (tertiary alicyclic amines) is 1. The van der Waals surface area contributed by atoms with Gasteiger partial charge in [0.15, 0.2) is 0 Å². The van der Waals surface area contributed by atoms with Crippen LogP contribution in [0.1, 0.15) is 33.6 Å². The number of carbonyl (C=O) groups excluding carboxylic acids is 4. The average Bonchev–Trinajstić information content (AvgIpc) is 3.43. The highest BCUT2D eigenvalue weighted by Gasteiger charge is 2.62. The van der Waals surface area contributed by atoms with Gasteiger partial charge in [0, 0.05) is 13.1 Å². The van der Waals surface area contributed by atoms with Crippen molar-refractivity contribution in [2.24, 2.45) is 11.8 Å². The van der Waals surface area contributed by atoms with Crippen LogP contribution in [0.4, 0.5) is 0 Å². The second-order valence-electron chi connectivity index (χ2n) is 7.35. The molecule has 0 saturated carbocycles. The maximum Gasteiger partial charge on any atom is 0.265 e. The van der Waals surface area contributed by atoms with Crippen molar-refractivity contribution in [2.45, 2.75) is 25.0 Å². The number of benzene rings is 1. The fourth-order valence-corrected chi connectivity index (χ4v) is 5.04. The molecule has 6 heterocycles. The summed E-state index contributed by atoms with van der Waals surface area (Å²) < 4.78 is 11.1. The molecule has 2 aromatic heterocycles. The predicted octanol–water partition coefficient (Wildman–Crippen LogP) is 0.629. The molecule has 26 heavy (non-hydrogen) atoms. The van der Waals surface area contributed by atoms with Crippen LogP contribution < -0.4 is 0 Å². The Morgan fingerprint density at radius 1 is 0.808 bits per heavy atom. The molecule has 132 valence electrons. The van der Waals surface area contributed by atoms with E-state index < -0.39 is 23.7 Å². The topological polar surface area (TPSA) is 97.1 Å². The van der Waals surface area contributed by atoms with Gasteiger partial charge in [0.25, 0.3) is 11.8 Å². The van der Waals surface area contributed by atoms with Gasteiger partial charge in [-0.3, -0.25) is 29.0 Å². The van der Waals surface area contributed by atoms with Crippen LogP contribution in [-0.4, -0.2) is 58.7 Å². The van der Waals surface area contributed by atoms with Crippen molar-refractivity contribution in [3.8, 4) is 0 Å². The molecule has 4 aliphatic heterocycles. The van der Waals surface area contributed by atoms with Crippen molar-refractivity contribution >= 4 is 34.8 Å². The van der Waals surface area contributed by atoms with Crippen LogP contribution in [0.25, 0.3) is 11.2 Å². The summed E-state index contributed by atoms with van der Waals surface area (Å²) in [4.78, 5) is 52.7. The van der Waals surface area contributed by atoms with Crippen LogP contribution in [0.5, 0.6) is 0 Å². The first-order valence-corrected chi connectivity index (χ1v) is 8.78. The number of rotatable bonds is 3. The van der Waals surface area contributed by atoms with Gasteiger partial charge in [0.2, 0.25) is 11.8 Å². The Balaban J connectivity index is 1.23. The lowest BCUT2D eigenvalue weighted by Crippen LogP contribution is -2.42. The Bertz CT molecular complexity index is 936. The number of fused-ring (bicyclic) bond motifs is 10. The number of nitrogens with zero attached hydrogens (tertiary/aromatic N) is 2. The van der Waals surface area contributed by atoms with Crippen molar-refractivity contribution in [3.63, 3.8) is 0 Å². The maximum absolute atomic E-state index is 12.7. The molecule has 8 nitrogen and oxygen atoms in total. The molecule has 4 atom stereocenters. The van der Waals surface area contributed by atoms with E-state index in [1.165, 1.54) is 4.90 Å². The summed E-state index contributed by atoms with van der Waals surface area (Å²) in [6.07, 6.45) is 1.28. The Labute approximate surface area is 147 Å². The molecule has 0 aliphatic carbocycles. The van der Waals surface area contributed by atoms with Gasteiger partial charge in [-0.25, -0.2) is 0 Å². The zero-order valence-electron chi connectivity index (χ0n) is 13.6. The molecule has 4 amide bonds. The van der Waals surface area contributed by atoms with Gasteiger partial charge >= 0.3 is 0 Å². The zero-order valence-corrected chi connectivity index (χ0v) is 13.6. The SMILES string of the molecule is O=C1c2c(c3ccc2o3)C(=O)N1CCN1C(=O)C2C3CCC(O3)C2C1=O. The van der Waals surface area contributed by atoms with Crippen LogP contribution in [0.3, 0.4) is 0 Å². The Morgan fingerprint density at radius 2 is 1.31 bits per heavy atom. The fraction of sp³-hybridized carbons (Fsp3) is 0.444. The number of hydrogen-bond acceptors (Lipinski definition) is 6. The first-order chi connectivity index (χ1) is 12.6. The lowest BCUT2D eigenvalue weighted by atomic mass is 9.81. The normalized spacial score (nSPS) is 32.6. The van der Waals surface area contributed by atoms with Crippen molar-refractivity contribution in [3.05, 3.63) is 23.3 Å². The largest absolute Gasteiger partial charge is 0.456 e. The van der Waals surface area contributed by atoms with E-state index in [4.69, 9.17) is 9.15 Å². The second kappa shape index (κ2) is 4.50. The molecule has 8 heteroatoms. The average molecular weight is 354 g/mol. The number of furan rings is 2. The van der Waals surface area contributed by atoms with Crippen LogP contribution in [0.15, 0.2) is 16.5 Å². The minimum absolute atomic E-state index is 0.00165. The van der Waals surface area contributed by atoms with E-state index in [1.807, 2.05) is 0 Å². The number of amides is 4. The first kappa shape index (κ1) is 14.4. The van der Waals surface area contributed by atoms with E-state index in [9.17, 15) is 19.2 Å². The third-order valence-electron chi connectivity index (χ3n) is 6.19. The van der Waals surface area contributed by atoms with Gasteiger partial charge < -0.3 is 9.15 Å². The quantitative estimate of drug-likeness (QED) is 0.750. The minimum atomic E-state index is -0.429. The van der Waals surface area contributed by atoms with E-state index in [1.54, 1.807) is 12.1 Å². The van der Waals surface area contributed by atoms with Gasteiger partial charge in [-0.15, -0.1) is 0 Å². The molecular weight excluding hydrogens is 340 g/mol. The van der Waals surface area contributed by atoms with Crippen molar-refractivity contribution < 1.29 is 28.3 Å². The molecule has 0 aromatic carbocycles. The number of ether oxygens (including phenoxy) is 1. The summed E-state index contributed by atoms with van der Waals surface area (Å²) in [6.45, 7) is 0.0272. The molecule has 0 spiro atoms. The van der Waals surface area contributed by atoms with Crippen LogP contribution in [0.2, 0.25) is 0 Å². The first-order valence-electron chi connectivity index (χ1n) is 8.78. The number of hydrogen-bond donors (Lipinski definition) is 0. The lowest BCUT2D eigenvalue weighted by molar-refractivity contribution is -0.142. The number of carbonyl (C=O) groups is 4. The van der Waals surface area contributed by atoms with Gasteiger partial charge in [0.05, 0.1) is 35.2 Å². The highest BCUT2D eigenvalue weighted by atomic mass is 16.5. The van der Waals surface area contributed by atoms with Gasteiger partial charge in [-0.05, 0) is 25.0 Å². The molecular formula is C18H14N2O6. The summed E-state index contributed by atoms with van der Waals surface area (Å²) in [5.74, 6) is -2.12. The van der Waals surface area contributed by atoms with E-state index in [2.05, 4.69) is 0 Å². The number of imide groups is 2. The molecule has 4 aliphatic rings. The van der Waals surface area contributed by atoms with Crippen LogP contribution in [0, 0.1) is 11.8 Å². The minimum Gasteiger partial charge on any atom is -0.456 e. The molecule has 2 aromatic rings. The summed E-state index contributed by atoms with van der Waals surface area (Å²) in [6, 6.07) is 3.32. The molecule has 0 radical (unpaired) electrons. The summed E-state index contributed by atoms with van der Waals surface area (Å²) in [7, 11) is 0. The zero-order chi connectivity index (χ0) is 17.7. The summed E-state index contributed by atoms with van der Waals surface area (Å²) in [5.41, 5.74) is 1.37. The predicted molar refractivity (Wildman–Crippen MR) is 84.4 cm³/mol. The summed E-state index contributed by atoms with van der Waals surface area (Å²) >= 11 is 0. The Morgan fingerprint density at radius 3 is 1.85 bits per heavy atom. The van der Waals surface area contributed by atoms with Gasteiger partial charge in [-0.2, -0.15) is 0 Å². The summed E-state index contributed by atoms with van der Waals surface area (Å²) in [5, 5.41) is 0. The molecule has 3 fully saturated rings. The standard InChI is InChI=1S/C18H14N2O6/c21-15-11-7-1-2-8(25-7)12(11)16(22)19(15)5-6-20-17(23)13-9-3-4-10(26-9)14(13)18(20)24/h1-2,9-10,13-14H,3-6H2. The fourth-order valence-electron chi connectivity index (χ4n) is 5.04. The maximum atomic E-state index is 12.7. The van der Waals surface area contributed by atoms with E-state index in [0.29, 0.717) is 11.2 Å². The highest BCUT2D eigenvalue weighted by molar-refractivity contribution is 6.27. The molecule has 3 saturated heterocycles. The van der Waals surface area contributed by atoms with Crippen LogP contribution in [-0.2, 0) is 14.3 Å². The third-order valence-corrected chi connectivity index (χ3v) is 6.19. The molecule has 6 rings (SSSR count). The van der Waals surface area contributed by atoms with Crippen molar-refractivity contribution in [2.75, 3.05) is 13.1 Å². The third kappa shape index (κ3) is 1.50. The van der Waals surface area contributed by atoms with Crippen LogP contribution >= 0.6 is 0 Å². The molecule has 0 N–H and O–H groups in total. The Kier molecular flexibility index (Phi) is 2.50. The monoisotopic (exact) mass is 354 g/mol. The van der Waals surface area contributed by atoms with Gasteiger partial charge in [0.1, 0.15) is 11.2 Å². The smallest absolute Gasteiger partial charge is 0.265 e. The van der Waals surface area contributed by atoms with E-state index in [-0.39, 0.29) is 48.2 Å². The highest BCUT2D eigenvalue weighted by Crippen LogP contribution is 2.48. The van der Waals surface area contributed by atoms with Gasteiger partial charge in [-0.1, -0.05) is 0 Å². The molecule has 4 bridgehead atoms. The van der Waals surface area contributed by atoms with E-state index >= 15 is 0 Å². The molecule has 4 unspecified atom stereocenters. The lowest BCUT2D eigenvalue weighted by Gasteiger charge is -2.20.